The number of hydrogen-bond acceptors (Lipinski definition) is 3. The number of carbonyl (C=O) groups is 2. The largest absolute Gasteiger partial charge is 0.354 e. The molecule has 0 saturated carbocycles. The van der Waals surface area contributed by atoms with Crippen LogP contribution in [0.25, 0.3) is 0 Å². The molecule has 1 atom stereocenters. The summed E-state index contributed by atoms with van der Waals surface area (Å²) in [4.78, 5) is 27.4. The summed E-state index contributed by atoms with van der Waals surface area (Å²) in [6.45, 7) is 4.62. The number of benzene rings is 3. The third-order valence-corrected chi connectivity index (χ3v) is 6.08. The molecule has 0 aliphatic carbocycles. The summed E-state index contributed by atoms with van der Waals surface area (Å²) in [5, 5.41) is 6.40. The first kappa shape index (κ1) is 22.6. The monoisotopic (exact) mass is 441 g/mol. The van der Waals surface area contributed by atoms with E-state index >= 15 is 0 Å². The molecule has 5 nitrogen and oxygen atoms in total. The van der Waals surface area contributed by atoms with Crippen LogP contribution in [0.15, 0.2) is 72.8 Å². The molecule has 3 aromatic carbocycles. The van der Waals surface area contributed by atoms with E-state index in [0.29, 0.717) is 12.2 Å². The van der Waals surface area contributed by atoms with Crippen molar-refractivity contribution in [2.24, 2.45) is 5.92 Å². The Labute approximate surface area is 195 Å². The molecule has 0 radical (unpaired) electrons. The Bertz CT molecular complexity index is 1110. The zero-order valence-electron chi connectivity index (χ0n) is 19.3. The number of para-hydroxylation sites is 2. The van der Waals surface area contributed by atoms with Crippen LogP contribution in [0.5, 0.6) is 0 Å². The van der Waals surface area contributed by atoms with E-state index in [0.717, 1.165) is 36.3 Å². The molecule has 33 heavy (non-hydrogen) atoms. The fraction of sp³-hybridized carbons (Fsp3) is 0.286. The molecule has 0 spiro atoms. The molecule has 3 aromatic rings. The lowest BCUT2D eigenvalue weighted by Crippen LogP contribution is -2.28. The van der Waals surface area contributed by atoms with Gasteiger partial charge in [0.1, 0.15) is 0 Å². The number of amides is 2. The van der Waals surface area contributed by atoms with Crippen LogP contribution in [0.4, 0.5) is 22.7 Å². The van der Waals surface area contributed by atoms with E-state index in [4.69, 9.17) is 0 Å². The van der Waals surface area contributed by atoms with E-state index in [1.54, 1.807) is 4.90 Å². The van der Waals surface area contributed by atoms with Gasteiger partial charge in [0.2, 0.25) is 11.8 Å². The van der Waals surface area contributed by atoms with Gasteiger partial charge in [-0.1, -0.05) is 55.3 Å². The van der Waals surface area contributed by atoms with Crippen molar-refractivity contribution in [2.75, 3.05) is 22.1 Å². The van der Waals surface area contributed by atoms with Gasteiger partial charge in [-0.25, -0.2) is 0 Å². The minimum absolute atomic E-state index is 0.0116. The van der Waals surface area contributed by atoms with Crippen LogP contribution in [0.3, 0.4) is 0 Å². The number of aryl methyl sites for hydroxylation is 2. The zero-order valence-corrected chi connectivity index (χ0v) is 19.3. The Kier molecular flexibility index (Phi) is 7.08. The van der Waals surface area contributed by atoms with Gasteiger partial charge in [-0.3, -0.25) is 9.59 Å². The van der Waals surface area contributed by atoms with Crippen molar-refractivity contribution in [3.63, 3.8) is 0 Å². The number of hydrogen-bond donors (Lipinski definition) is 2. The van der Waals surface area contributed by atoms with E-state index in [-0.39, 0.29) is 24.2 Å². The molecule has 2 N–H and O–H groups in total. The molecule has 0 aromatic heterocycles. The van der Waals surface area contributed by atoms with E-state index in [1.165, 1.54) is 11.1 Å². The van der Waals surface area contributed by atoms with Gasteiger partial charge < -0.3 is 15.5 Å². The highest BCUT2D eigenvalue weighted by molar-refractivity contribution is 6.04. The summed E-state index contributed by atoms with van der Waals surface area (Å²) in [5.41, 5.74) is 5.80. The van der Waals surface area contributed by atoms with Crippen LogP contribution in [0, 0.1) is 12.8 Å². The lowest BCUT2D eigenvalue weighted by molar-refractivity contribution is -0.122. The van der Waals surface area contributed by atoms with E-state index in [9.17, 15) is 9.59 Å². The second-order valence-corrected chi connectivity index (χ2v) is 8.70. The lowest BCUT2D eigenvalue weighted by atomic mass is 10.1. The molecule has 4 rings (SSSR count). The van der Waals surface area contributed by atoms with Crippen molar-refractivity contribution < 1.29 is 9.59 Å². The molecule has 5 heteroatoms. The second kappa shape index (κ2) is 10.3. The van der Waals surface area contributed by atoms with E-state index in [2.05, 4.69) is 29.7 Å². The second-order valence-electron chi connectivity index (χ2n) is 8.70. The summed E-state index contributed by atoms with van der Waals surface area (Å²) in [7, 11) is 0. The molecule has 170 valence electrons. The Morgan fingerprint density at radius 3 is 2.36 bits per heavy atom. The third kappa shape index (κ3) is 5.61. The Morgan fingerprint density at radius 1 is 0.970 bits per heavy atom. The lowest BCUT2D eigenvalue weighted by Gasteiger charge is -2.18. The van der Waals surface area contributed by atoms with Gasteiger partial charge in [0.25, 0.3) is 0 Å². The van der Waals surface area contributed by atoms with Crippen molar-refractivity contribution in [1.82, 2.24) is 0 Å². The van der Waals surface area contributed by atoms with Crippen molar-refractivity contribution in [2.45, 2.75) is 39.5 Å². The molecule has 1 unspecified atom stereocenters. The van der Waals surface area contributed by atoms with Gasteiger partial charge in [0.05, 0.1) is 17.3 Å². The fourth-order valence-electron chi connectivity index (χ4n) is 4.08. The quantitative estimate of drug-likeness (QED) is 0.446. The van der Waals surface area contributed by atoms with Crippen molar-refractivity contribution >= 4 is 34.6 Å². The van der Waals surface area contributed by atoms with Crippen LogP contribution in [-0.2, 0) is 16.0 Å². The Hall–Kier alpha value is -3.60. The zero-order chi connectivity index (χ0) is 23.2. The molecule has 2 amide bonds. The van der Waals surface area contributed by atoms with Crippen LogP contribution in [-0.4, -0.2) is 18.4 Å². The van der Waals surface area contributed by atoms with Gasteiger partial charge >= 0.3 is 0 Å². The number of anilines is 4. The van der Waals surface area contributed by atoms with Gasteiger partial charge in [0.15, 0.2) is 0 Å². The van der Waals surface area contributed by atoms with Crippen LogP contribution >= 0.6 is 0 Å². The van der Waals surface area contributed by atoms with E-state index in [1.807, 2.05) is 67.6 Å². The molecule has 1 heterocycles. The summed E-state index contributed by atoms with van der Waals surface area (Å²) in [6, 6.07) is 23.9. The van der Waals surface area contributed by atoms with Crippen molar-refractivity contribution in [3.05, 3.63) is 83.9 Å². The van der Waals surface area contributed by atoms with Crippen LogP contribution in [0.2, 0.25) is 0 Å². The summed E-state index contributed by atoms with van der Waals surface area (Å²) in [5.74, 6) is -0.532. The topological polar surface area (TPSA) is 61.4 Å². The number of unbranched alkanes of at least 4 members (excludes halogenated alkanes) is 1. The van der Waals surface area contributed by atoms with Gasteiger partial charge in [0, 0.05) is 24.3 Å². The summed E-state index contributed by atoms with van der Waals surface area (Å²) < 4.78 is 0. The SMILES string of the molecule is CCCCc1ccc(N2CC(C(=O)Nc3ccccc3Nc3ccc(C)cc3)CC2=O)cc1. The molecule has 1 saturated heterocycles. The standard InChI is InChI=1S/C28H31N3O2/c1-3-4-7-21-12-16-24(17-13-21)31-19-22(18-27(31)32)28(33)30-26-9-6-5-8-25(26)29-23-14-10-20(2)11-15-23/h5-6,8-17,22,29H,3-4,7,18-19H2,1-2H3,(H,30,33). The number of nitrogens with one attached hydrogen (secondary N) is 2. The molecule has 0 bridgehead atoms. The maximum Gasteiger partial charge on any atom is 0.229 e. The van der Waals surface area contributed by atoms with Gasteiger partial charge in [-0.2, -0.15) is 0 Å². The molecular formula is C28H31N3O2. The highest BCUT2D eigenvalue weighted by Gasteiger charge is 2.35. The van der Waals surface area contributed by atoms with Crippen molar-refractivity contribution in [3.8, 4) is 0 Å². The van der Waals surface area contributed by atoms with Crippen molar-refractivity contribution in [1.29, 1.82) is 0 Å². The average Bonchev–Trinajstić information content (AvgIpc) is 3.22. The highest BCUT2D eigenvalue weighted by Crippen LogP contribution is 2.29. The molecule has 1 fully saturated rings. The number of carbonyl (C=O) groups excluding carboxylic acids is 2. The summed E-state index contributed by atoms with van der Waals surface area (Å²) in [6.07, 6.45) is 3.58. The predicted octanol–water partition coefficient (Wildman–Crippen LogP) is 6.07. The first-order valence-electron chi connectivity index (χ1n) is 11.7. The molecule has 1 aliphatic heterocycles. The van der Waals surface area contributed by atoms with Gasteiger partial charge in [-0.05, 0) is 61.7 Å². The Balaban J connectivity index is 1.41. The maximum absolute atomic E-state index is 13.0. The van der Waals surface area contributed by atoms with Crippen LogP contribution < -0.4 is 15.5 Å². The van der Waals surface area contributed by atoms with Crippen LogP contribution in [0.1, 0.15) is 37.3 Å². The molecular weight excluding hydrogens is 410 g/mol. The first-order chi connectivity index (χ1) is 16.0. The molecule has 1 aliphatic rings. The van der Waals surface area contributed by atoms with Gasteiger partial charge in [-0.15, -0.1) is 0 Å². The number of rotatable bonds is 8. The highest BCUT2D eigenvalue weighted by atomic mass is 16.2. The predicted molar refractivity (Wildman–Crippen MR) is 135 cm³/mol. The normalized spacial score (nSPS) is 15.5. The Morgan fingerprint density at radius 2 is 1.67 bits per heavy atom. The third-order valence-electron chi connectivity index (χ3n) is 6.08. The number of nitrogens with zero attached hydrogens (tertiary/aromatic N) is 1. The summed E-state index contributed by atoms with van der Waals surface area (Å²) >= 11 is 0. The average molecular weight is 442 g/mol. The minimum Gasteiger partial charge on any atom is -0.354 e. The maximum atomic E-state index is 13.0. The van der Waals surface area contributed by atoms with E-state index < -0.39 is 0 Å². The fourth-order valence-corrected chi connectivity index (χ4v) is 4.08. The first-order valence-corrected chi connectivity index (χ1v) is 11.7. The minimum atomic E-state index is -0.385. The smallest absolute Gasteiger partial charge is 0.229 e.